The van der Waals surface area contributed by atoms with Gasteiger partial charge in [-0.05, 0) is 69.9 Å². The molecule has 2 aromatic rings. The first kappa shape index (κ1) is 17.7. The fourth-order valence-electron chi connectivity index (χ4n) is 4.85. The highest BCUT2D eigenvalue weighted by molar-refractivity contribution is 6.31. The molecule has 0 radical (unpaired) electrons. The molecule has 2 aromatic heterocycles. The Labute approximate surface area is 159 Å². The van der Waals surface area contributed by atoms with Gasteiger partial charge in [0, 0.05) is 6.04 Å². The summed E-state index contributed by atoms with van der Waals surface area (Å²) in [5.41, 5.74) is 1.70. The molecule has 140 valence electrons. The molecule has 4 atom stereocenters. The van der Waals surface area contributed by atoms with E-state index in [1.165, 1.54) is 25.7 Å². The summed E-state index contributed by atoms with van der Waals surface area (Å²) in [6, 6.07) is 3.77. The Morgan fingerprint density at radius 1 is 1.38 bits per heavy atom. The van der Waals surface area contributed by atoms with Crippen LogP contribution in [0.5, 0.6) is 0 Å². The van der Waals surface area contributed by atoms with Crippen molar-refractivity contribution in [2.24, 2.45) is 17.8 Å². The molecule has 0 saturated heterocycles. The van der Waals surface area contributed by atoms with Crippen molar-refractivity contribution in [2.75, 3.05) is 0 Å². The van der Waals surface area contributed by atoms with Crippen LogP contribution in [0.3, 0.4) is 0 Å². The Kier molecular flexibility index (Phi) is 4.59. The number of fused-ring (bicyclic) bond motifs is 2. The minimum Gasteiger partial charge on any atom is -0.454 e. The van der Waals surface area contributed by atoms with Gasteiger partial charge in [-0.1, -0.05) is 18.0 Å². The molecule has 2 bridgehead atoms. The second kappa shape index (κ2) is 6.76. The molecule has 0 aliphatic heterocycles. The number of furan rings is 1. The highest BCUT2D eigenvalue weighted by Gasteiger charge is 2.42. The summed E-state index contributed by atoms with van der Waals surface area (Å²) in [6.45, 7) is 6.40. The number of nitrogens with one attached hydrogen (secondary N) is 1. The number of aryl methyl sites for hydroxylation is 1. The van der Waals surface area contributed by atoms with Crippen molar-refractivity contribution in [3.8, 4) is 0 Å². The van der Waals surface area contributed by atoms with Crippen LogP contribution < -0.4 is 5.32 Å². The fraction of sp³-hybridized carbons (Fsp3) is 0.600. The Balaban J connectivity index is 1.39. The summed E-state index contributed by atoms with van der Waals surface area (Å²) >= 11 is 6.19. The third-order valence-corrected chi connectivity index (χ3v) is 6.83. The lowest BCUT2D eigenvalue weighted by Crippen LogP contribution is -2.40. The van der Waals surface area contributed by atoms with Crippen LogP contribution in [-0.4, -0.2) is 21.7 Å². The van der Waals surface area contributed by atoms with E-state index >= 15 is 0 Å². The van der Waals surface area contributed by atoms with Crippen molar-refractivity contribution in [3.05, 3.63) is 40.1 Å². The molecule has 4 rings (SSSR count). The van der Waals surface area contributed by atoms with E-state index in [0.29, 0.717) is 29.0 Å². The fourth-order valence-corrected chi connectivity index (χ4v) is 4.99. The van der Waals surface area contributed by atoms with Gasteiger partial charge in [0.1, 0.15) is 5.76 Å². The van der Waals surface area contributed by atoms with E-state index < -0.39 is 0 Å². The van der Waals surface area contributed by atoms with E-state index in [9.17, 15) is 4.79 Å². The van der Waals surface area contributed by atoms with Crippen LogP contribution in [0, 0.1) is 31.6 Å². The first-order chi connectivity index (χ1) is 12.4. The summed E-state index contributed by atoms with van der Waals surface area (Å²) in [4.78, 5) is 12.6. The highest BCUT2D eigenvalue weighted by atomic mass is 35.5. The Morgan fingerprint density at radius 2 is 2.19 bits per heavy atom. The molecule has 2 aliphatic rings. The molecule has 2 heterocycles. The minimum absolute atomic E-state index is 0.127. The van der Waals surface area contributed by atoms with E-state index in [0.717, 1.165) is 23.2 Å². The lowest BCUT2D eigenvalue weighted by atomic mass is 9.84. The van der Waals surface area contributed by atoms with Gasteiger partial charge in [-0.25, -0.2) is 0 Å². The SMILES string of the molecule is Cc1nn(Cc2ccc(C(=O)N[C@@H](C)[C@H]3C[C@H]4CC[C@H]3C4)o2)c(C)c1Cl. The first-order valence-electron chi connectivity index (χ1n) is 9.51. The van der Waals surface area contributed by atoms with Gasteiger partial charge in [0.2, 0.25) is 0 Å². The van der Waals surface area contributed by atoms with Gasteiger partial charge < -0.3 is 9.73 Å². The number of aromatic nitrogens is 2. The molecular weight excluding hydrogens is 350 g/mol. The Bertz CT molecular complexity index is 825. The zero-order chi connectivity index (χ0) is 18.4. The molecule has 2 aliphatic carbocycles. The quantitative estimate of drug-likeness (QED) is 0.845. The van der Waals surface area contributed by atoms with Crippen molar-refractivity contribution in [2.45, 2.75) is 59.0 Å². The van der Waals surface area contributed by atoms with Crippen LogP contribution in [0.25, 0.3) is 0 Å². The molecule has 0 spiro atoms. The second-order valence-corrected chi connectivity index (χ2v) is 8.39. The standard InChI is InChI=1S/C20H26ClN3O2/c1-11(17-9-14-4-5-15(17)8-14)22-20(25)18-7-6-16(26-18)10-24-13(3)19(21)12(2)23-24/h6-7,11,14-15,17H,4-5,8-10H2,1-3H3,(H,22,25)/t11-,14-,15-,17+/m0/s1. The molecule has 5 nitrogen and oxygen atoms in total. The van der Waals surface area contributed by atoms with Crippen molar-refractivity contribution in [1.29, 1.82) is 0 Å². The number of halogens is 1. The Hall–Kier alpha value is -1.75. The van der Waals surface area contributed by atoms with Crippen molar-refractivity contribution < 1.29 is 9.21 Å². The van der Waals surface area contributed by atoms with Gasteiger partial charge in [-0.3, -0.25) is 9.48 Å². The normalized spacial score (nSPS) is 25.6. The lowest BCUT2D eigenvalue weighted by Gasteiger charge is -2.28. The number of amides is 1. The van der Waals surface area contributed by atoms with E-state index in [1.807, 2.05) is 19.9 Å². The average Bonchev–Trinajstić information content (AvgIpc) is 3.38. The van der Waals surface area contributed by atoms with E-state index in [-0.39, 0.29) is 11.9 Å². The summed E-state index contributed by atoms with van der Waals surface area (Å²) in [5.74, 6) is 3.22. The van der Waals surface area contributed by atoms with Crippen LogP contribution in [0.1, 0.15) is 60.3 Å². The van der Waals surface area contributed by atoms with Crippen molar-refractivity contribution >= 4 is 17.5 Å². The second-order valence-electron chi connectivity index (χ2n) is 8.01. The third-order valence-electron chi connectivity index (χ3n) is 6.28. The van der Waals surface area contributed by atoms with Gasteiger partial charge in [-0.15, -0.1) is 0 Å². The van der Waals surface area contributed by atoms with E-state index in [4.69, 9.17) is 16.0 Å². The van der Waals surface area contributed by atoms with Gasteiger partial charge >= 0.3 is 0 Å². The summed E-state index contributed by atoms with van der Waals surface area (Å²) in [5, 5.41) is 8.23. The molecule has 2 fully saturated rings. The van der Waals surface area contributed by atoms with Crippen LogP contribution in [0.2, 0.25) is 5.02 Å². The van der Waals surface area contributed by atoms with Gasteiger partial charge in [-0.2, -0.15) is 5.10 Å². The number of carbonyl (C=O) groups is 1. The number of hydrogen-bond acceptors (Lipinski definition) is 3. The maximum absolute atomic E-state index is 12.6. The van der Waals surface area contributed by atoms with E-state index in [2.05, 4.69) is 17.3 Å². The van der Waals surface area contributed by atoms with E-state index in [1.54, 1.807) is 10.7 Å². The summed E-state index contributed by atoms with van der Waals surface area (Å²) < 4.78 is 7.56. The van der Waals surface area contributed by atoms with Gasteiger partial charge in [0.15, 0.2) is 5.76 Å². The molecule has 6 heteroatoms. The average molecular weight is 376 g/mol. The highest BCUT2D eigenvalue weighted by Crippen LogP contribution is 2.49. The maximum Gasteiger partial charge on any atom is 0.287 e. The van der Waals surface area contributed by atoms with Crippen LogP contribution in [-0.2, 0) is 6.54 Å². The topological polar surface area (TPSA) is 60.1 Å². The molecule has 26 heavy (non-hydrogen) atoms. The molecular formula is C20H26ClN3O2. The predicted octanol–water partition coefficient (Wildman–Crippen LogP) is 4.35. The largest absolute Gasteiger partial charge is 0.454 e. The van der Waals surface area contributed by atoms with Crippen LogP contribution >= 0.6 is 11.6 Å². The summed E-state index contributed by atoms with van der Waals surface area (Å²) in [7, 11) is 0. The number of rotatable bonds is 5. The minimum atomic E-state index is -0.127. The zero-order valence-electron chi connectivity index (χ0n) is 15.6. The first-order valence-corrected chi connectivity index (χ1v) is 9.89. The predicted molar refractivity (Wildman–Crippen MR) is 100 cm³/mol. The smallest absolute Gasteiger partial charge is 0.287 e. The molecule has 1 N–H and O–H groups in total. The zero-order valence-corrected chi connectivity index (χ0v) is 16.3. The third kappa shape index (κ3) is 3.18. The maximum atomic E-state index is 12.6. The number of hydrogen-bond donors (Lipinski definition) is 1. The van der Waals surface area contributed by atoms with Crippen LogP contribution in [0.4, 0.5) is 0 Å². The molecule has 2 saturated carbocycles. The number of nitrogens with zero attached hydrogens (tertiary/aromatic N) is 2. The van der Waals surface area contributed by atoms with Gasteiger partial charge in [0.25, 0.3) is 5.91 Å². The molecule has 0 unspecified atom stereocenters. The number of carbonyl (C=O) groups excluding carboxylic acids is 1. The summed E-state index contributed by atoms with van der Waals surface area (Å²) in [6.07, 6.45) is 5.31. The lowest BCUT2D eigenvalue weighted by molar-refractivity contribution is 0.0885. The van der Waals surface area contributed by atoms with Gasteiger partial charge in [0.05, 0.1) is 23.0 Å². The molecule has 1 amide bonds. The monoisotopic (exact) mass is 375 g/mol. The molecule has 0 aromatic carbocycles. The van der Waals surface area contributed by atoms with Crippen molar-refractivity contribution in [1.82, 2.24) is 15.1 Å². The van der Waals surface area contributed by atoms with Crippen LogP contribution in [0.15, 0.2) is 16.5 Å². The Morgan fingerprint density at radius 3 is 2.81 bits per heavy atom. The van der Waals surface area contributed by atoms with Crippen molar-refractivity contribution in [3.63, 3.8) is 0 Å².